The molecule has 1 aromatic rings. The minimum Gasteiger partial charge on any atom is -0.383 e. The highest BCUT2D eigenvalue weighted by molar-refractivity contribution is 9.10. The average Bonchev–Trinajstić information content (AvgIpc) is 2.02. The highest BCUT2D eigenvalue weighted by atomic mass is 79.9. The summed E-state index contributed by atoms with van der Waals surface area (Å²) in [6, 6.07) is 1.22. The highest BCUT2D eigenvalue weighted by Crippen LogP contribution is 2.29. The lowest BCUT2D eigenvalue weighted by Gasteiger charge is -2.08. The number of nitrogens with zero attached hydrogens (tertiary/aromatic N) is 1. The molecule has 0 aromatic carbocycles. The van der Waals surface area contributed by atoms with Gasteiger partial charge in [0.1, 0.15) is 10.4 Å². The summed E-state index contributed by atoms with van der Waals surface area (Å²) < 4.78 is 25.1. The molecular weight excluding hydrogens is 265 g/mol. The van der Waals surface area contributed by atoms with E-state index in [0.29, 0.717) is 0 Å². The fraction of sp³-hybridized carbons (Fsp3) is 0.286. The molecule has 13 heavy (non-hydrogen) atoms. The van der Waals surface area contributed by atoms with Crippen LogP contribution >= 0.6 is 27.5 Å². The third kappa shape index (κ3) is 2.28. The van der Waals surface area contributed by atoms with E-state index in [1.54, 1.807) is 0 Å². The molecule has 0 aliphatic carbocycles. The molecule has 0 aliphatic heterocycles. The van der Waals surface area contributed by atoms with E-state index in [4.69, 9.17) is 17.3 Å². The van der Waals surface area contributed by atoms with Gasteiger partial charge in [0.05, 0.1) is 5.88 Å². The lowest BCUT2D eigenvalue weighted by Crippen LogP contribution is -2.02. The number of aromatic nitrogens is 1. The van der Waals surface area contributed by atoms with Gasteiger partial charge in [-0.1, -0.05) is 0 Å². The van der Waals surface area contributed by atoms with Crippen molar-refractivity contribution in [3.8, 4) is 0 Å². The van der Waals surface area contributed by atoms with Crippen molar-refractivity contribution in [2.75, 3.05) is 5.73 Å². The number of nitrogen functional groups attached to an aromatic ring is 1. The lowest BCUT2D eigenvalue weighted by molar-refractivity contribution is 0.150. The molecule has 0 spiro atoms. The zero-order valence-corrected chi connectivity index (χ0v) is 8.74. The van der Waals surface area contributed by atoms with E-state index in [9.17, 15) is 8.78 Å². The quantitative estimate of drug-likeness (QED) is 0.663. The number of hydrogen-bond donors (Lipinski definition) is 1. The van der Waals surface area contributed by atoms with Crippen molar-refractivity contribution in [2.45, 2.75) is 12.3 Å². The van der Waals surface area contributed by atoms with E-state index in [-0.39, 0.29) is 27.4 Å². The van der Waals surface area contributed by atoms with Crippen LogP contribution in [0.3, 0.4) is 0 Å². The van der Waals surface area contributed by atoms with Crippen LogP contribution in [-0.2, 0) is 5.88 Å². The van der Waals surface area contributed by atoms with E-state index in [2.05, 4.69) is 20.9 Å². The molecule has 1 rings (SSSR count). The Balaban J connectivity index is 3.29. The second kappa shape index (κ2) is 4.19. The third-order valence-corrected chi connectivity index (χ3v) is 2.20. The lowest BCUT2D eigenvalue weighted by atomic mass is 10.1. The summed E-state index contributed by atoms with van der Waals surface area (Å²) in [6.07, 6.45) is -2.59. The van der Waals surface area contributed by atoms with E-state index in [1.807, 2.05) is 0 Å². The summed E-state index contributed by atoms with van der Waals surface area (Å²) in [5, 5.41) is 0. The van der Waals surface area contributed by atoms with Gasteiger partial charge in [-0.25, -0.2) is 13.8 Å². The van der Waals surface area contributed by atoms with E-state index >= 15 is 0 Å². The van der Waals surface area contributed by atoms with Gasteiger partial charge in [-0.05, 0) is 22.0 Å². The molecular formula is C7H6BrClF2N2. The Hall–Kier alpha value is -0.420. The first kappa shape index (κ1) is 10.7. The van der Waals surface area contributed by atoms with Gasteiger partial charge in [-0.15, -0.1) is 11.6 Å². The van der Waals surface area contributed by atoms with Crippen molar-refractivity contribution in [1.82, 2.24) is 4.98 Å². The maximum atomic E-state index is 12.4. The van der Waals surface area contributed by atoms with Crippen LogP contribution in [-0.4, -0.2) is 4.98 Å². The second-order valence-corrected chi connectivity index (χ2v) is 3.41. The third-order valence-electron chi connectivity index (χ3n) is 1.53. The highest BCUT2D eigenvalue weighted by Gasteiger charge is 2.16. The minimum absolute atomic E-state index is 0.0414. The van der Waals surface area contributed by atoms with Crippen LogP contribution < -0.4 is 5.73 Å². The van der Waals surface area contributed by atoms with Gasteiger partial charge in [0.15, 0.2) is 0 Å². The molecule has 1 aromatic heterocycles. The molecule has 1 heterocycles. The Morgan fingerprint density at radius 3 is 2.69 bits per heavy atom. The Bertz CT molecular complexity index is 320. The maximum Gasteiger partial charge on any atom is 0.264 e. The predicted molar refractivity (Wildman–Crippen MR) is 50.9 cm³/mol. The minimum atomic E-state index is -2.59. The molecule has 0 aliphatic rings. The van der Waals surface area contributed by atoms with E-state index in [0.717, 1.165) is 0 Å². The Morgan fingerprint density at radius 2 is 2.23 bits per heavy atom. The molecule has 0 saturated carbocycles. The molecule has 0 saturated heterocycles. The molecule has 0 amide bonds. The van der Waals surface area contributed by atoms with Gasteiger partial charge in [-0.3, -0.25) is 0 Å². The van der Waals surface area contributed by atoms with Crippen molar-refractivity contribution >= 4 is 33.3 Å². The monoisotopic (exact) mass is 270 g/mol. The normalized spacial score (nSPS) is 10.8. The van der Waals surface area contributed by atoms with E-state index < -0.39 is 6.43 Å². The standard InChI is InChI=1S/C7H6BrClF2N2/c8-5-1-3(6(10)11)4(2-9)7(12)13-5/h1,6H,2H2,(H2,12,13). The van der Waals surface area contributed by atoms with Crippen LogP contribution in [0.25, 0.3) is 0 Å². The zero-order chi connectivity index (χ0) is 10.0. The smallest absolute Gasteiger partial charge is 0.264 e. The molecule has 0 fully saturated rings. The van der Waals surface area contributed by atoms with Crippen molar-refractivity contribution in [3.63, 3.8) is 0 Å². The largest absolute Gasteiger partial charge is 0.383 e. The van der Waals surface area contributed by atoms with Crippen LogP contribution in [0.4, 0.5) is 14.6 Å². The van der Waals surface area contributed by atoms with Gasteiger partial charge >= 0.3 is 0 Å². The van der Waals surface area contributed by atoms with Crippen LogP contribution in [0.1, 0.15) is 17.6 Å². The van der Waals surface area contributed by atoms with Crippen LogP contribution in [0.5, 0.6) is 0 Å². The number of hydrogen-bond acceptors (Lipinski definition) is 2. The molecule has 6 heteroatoms. The van der Waals surface area contributed by atoms with Crippen molar-refractivity contribution in [1.29, 1.82) is 0 Å². The van der Waals surface area contributed by atoms with Crippen LogP contribution in [0.2, 0.25) is 0 Å². The number of rotatable bonds is 2. The molecule has 72 valence electrons. The van der Waals surface area contributed by atoms with Gasteiger partial charge in [0.25, 0.3) is 6.43 Å². The van der Waals surface area contributed by atoms with Gasteiger partial charge in [0.2, 0.25) is 0 Å². The molecule has 2 nitrogen and oxygen atoms in total. The molecule has 0 radical (unpaired) electrons. The Labute approximate surface area is 87.2 Å². The molecule has 0 atom stereocenters. The van der Waals surface area contributed by atoms with Gasteiger partial charge in [0, 0.05) is 11.1 Å². The SMILES string of the molecule is Nc1nc(Br)cc(C(F)F)c1CCl. The van der Waals surface area contributed by atoms with Crippen molar-refractivity contribution < 1.29 is 8.78 Å². The summed E-state index contributed by atoms with van der Waals surface area (Å²) in [5.41, 5.74) is 5.43. The van der Waals surface area contributed by atoms with Crippen molar-refractivity contribution in [2.24, 2.45) is 0 Å². The Kier molecular flexibility index (Phi) is 3.44. The molecule has 0 unspecified atom stereocenters. The summed E-state index contributed by atoms with van der Waals surface area (Å²) in [4.78, 5) is 3.76. The summed E-state index contributed by atoms with van der Waals surface area (Å²) in [5.74, 6) is -0.0223. The first-order valence-corrected chi connectivity index (χ1v) is 4.68. The van der Waals surface area contributed by atoms with Crippen molar-refractivity contribution in [3.05, 3.63) is 21.8 Å². The summed E-state index contributed by atoms with van der Waals surface area (Å²) >= 11 is 8.44. The predicted octanol–water partition coefficient (Wildman–Crippen LogP) is 3.10. The fourth-order valence-corrected chi connectivity index (χ4v) is 1.65. The van der Waals surface area contributed by atoms with Gasteiger partial charge in [-0.2, -0.15) is 0 Å². The number of halogens is 4. The zero-order valence-electron chi connectivity index (χ0n) is 6.40. The second-order valence-electron chi connectivity index (χ2n) is 2.33. The maximum absolute atomic E-state index is 12.4. The number of pyridine rings is 1. The molecule has 2 N–H and O–H groups in total. The number of alkyl halides is 3. The topological polar surface area (TPSA) is 38.9 Å². The number of nitrogens with two attached hydrogens (primary N) is 1. The Morgan fingerprint density at radius 1 is 1.62 bits per heavy atom. The van der Waals surface area contributed by atoms with Crippen LogP contribution in [0.15, 0.2) is 10.7 Å². The number of anilines is 1. The first-order chi connectivity index (χ1) is 6.06. The molecule has 0 bridgehead atoms. The average molecular weight is 271 g/mol. The fourth-order valence-electron chi connectivity index (χ4n) is 0.918. The van der Waals surface area contributed by atoms with E-state index in [1.165, 1.54) is 6.07 Å². The first-order valence-electron chi connectivity index (χ1n) is 3.35. The summed E-state index contributed by atoms with van der Waals surface area (Å²) in [7, 11) is 0. The summed E-state index contributed by atoms with van der Waals surface area (Å²) in [6.45, 7) is 0. The van der Waals surface area contributed by atoms with Crippen LogP contribution in [0, 0.1) is 0 Å². The van der Waals surface area contributed by atoms with Gasteiger partial charge < -0.3 is 5.73 Å².